The number of hydrogen-bond donors (Lipinski definition) is 2. The number of nitrogens with two attached hydrogens (primary N) is 1. The van der Waals surface area contributed by atoms with E-state index in [2.05, 4.69) is 4.98 Å². The Morgan fingerprint density at radius 2 is 1.83 bits per heavy atom. The van der Waals surface area contributed by atoms with Crippen LogP contribution in [-0.2, 0) is 0 Å². The third kappa shape index (κ3) is 2.83. The topological polar surface area (TPSA) is 76.9 Å². The van der Waals surface area contributed by atoms with Gasteiger partial charge in [-0.1, -0.05) is 30.3 Å². The van der Waals surface area contributed by atoms with E-state index >= 15 is 0 Å². The van der Waals surface area contributed by atoms with Crippen molar-refractivity contribution in [3.8, 4) is 17.3 Å². The molecule has 1 unspecified atom stereocenters. The molecule has 0 amide bonds. The van der Waals surface area contributed by atoms with Crippen LogP contribution in [0.2, 0.25) is 0 Å². The first-order chi connectivity index (χ1) is 14.5. The van der Waals surface area contributed by atoms with Gasteiger partial charge in [-0.05, 0) is 35.9 Å². The molecule has 0 spiro atoms. The summed E-state index contributed by atoms with van der Waals surface area (Å²) in [6, 6.07) is 18.1. The van der Waals surface area contributed by atoms with Gasteiger partial charge in [0.2, 0.25) is 5.88 Å². The Kier molecular flexibility index (Phi) is 4.10. The summed E-state index contributed by atoms with van der Waals surface area (Å²) in [5.41, 5.74) is 8.81. The SMILES string of the molecule is N=c1c2c(ncn1-c1ccc(F)cc1F)Oc1ccccc1C2c1cccc(N)c1. The van der Waals surface area contributed by atoms with Gasteiger partial charge in [0.15, 0.2) is 0 Å². The molecule has 3 N–H and O–H groups in total. The molecule has 0 fully saturated rings. The van der Waals surface area contributed by atoms with E-state index in [4.69, 9.17) is 15.9 Å². The van der Waals surface area contributed by atoms with Gasteiger partial charge in [-0.2, -0.15) is 0 Å². The number of nitrogens with one attached hydrogen (secondary N) is 1. The number of nitrogens with zero attached hydrogens (tertiary/aromatic N) is 2. The summed E-state index contributed by atoms with van der Waals surface area (Å²) < 4.78 is 35.1. The van der Waals surface area contributed by atoms with Crippen molar-refractivity contribution in [3.63, 3.8) is 0 Å². The van der Waals surface area contributed by atoms with E-state index in [1.165, 1.54) is 17.0 Å². The van der Waals surface area contributed by atoms with Crippen LogP contribution in [0, 0.1) is 17.0 Å². The Hall–Kier alpha value is -4.00. The fourth-order valence-electron chi connectivity index (χ4n) is 3.83. The molecule has 0 saturated heterocycles. The summed E-state index contributed by atoms with van der Waals surface area (Å²) in [7, 11) is 0. The van der Waals surface area contributed by atoms with Gasteiger partial charge in [-0.15, -0.1) is 0 Å². The lowest BCUT2D eigenvalue weighted by atomic mass is 9.84. The van der Waals surface area contributed by atoms with E-state index in [0.717, 1.165) is 23.3 Å². The molecule has 1 atom stereocenters. The average Bonchev–Trinajstić information content (AvgIpc) is 2.73. The summed E-state index contributed by atoms with van der Waals surface area (Å²) in [4.78, 5) is 4.35. The van der Waals surface area contributed by atoms with Crippen LogP contribution in [-0.4, -0.2) is 9.55 Å². The van der Waals surface area contributed by atoms with Crippen molar-refractivity contribution in [2.45, 2.75) is 5.92 Å². The van der Waals surface area contributed by atoms with E-state index in [0.29, 0.717) is 17.0 Å². The second kappa shape index (κ2) is 6.81. The van der Waals surface area contributed by atoms with Crippen molar-refractivity contribution in [2.24, 2.45) is 0 Å². The first-order valence-corrected chi connectivity index (χ1v) is 9.26. The third-order valence-electron chi connectivity index (χ3n) is 5.16. The second-order valence-corrected chi connectivity index (χ2v) is 7.02. The van der Waals surface area contributed by atoms with Gasteiger partial charge in [0.05, 0.1) is 11.3 Å². The summed E-state index contributed by atoms with van der Waals surface area (Å²) in [5, 5.41) is 8.84. The first kappa shape index (κ1) is 18.1. The Balaban J connectivity index is 1.79. The second-order valence-electron chi connectivity index (χ2n) is 7.02. The number of fused-ring (bicyclic) bond motifs is 2. The molecular weight excluding hydrogens is 386 g/mol. The van der Waals surface area contributed by atoms with Crippen LogP contribution in [0.1, 0.15) is 22.6 Å². The lowest BCUT2D eigenvalue weighted by Gasteiger charge is -2.28. The Bertz CT molecular complexity index is 1350. The molecule has 0 radical (unpaired) electrons. The number of halogens is 2. The number of benzene rings is 3. The van der Waals surface area contributed by atoms with Gasteiger partial charge >= 0.3 is 0 Å². The van der Waals surface area contributed by atoms with Crippen LogP contribution in [0.15, 0.2) is 73.1 Å². The van der Waals surface area contributed by atoms with Crippen LogP contribution in [0.5, 0.6) is 11.6 Å². The maximum atomic E-state index is 14.4. The summed E-state index contributed by atoms with van der Waals surface area (Å²) in [6.45, 7) is 0. The molecule has 7 heteroatoms. The predicted octanol–water partition coefficient (Wildman–Crippen LogP) is 4.50. The van der Waals surface area contributed by atoms with Crippen LogP contribution < -0.4 is 16.0 Å². The molecule has 1 aliphatic heterocycles. The maximum Gasteiger partial charge on any atom is 0.228 e. The Labute approximate surface area is 170 Å². The molecule has 2 heterocycles. The molecule has 0 bridgehead atoms. The fraction of sp³-hybridized carbons (Fsp3) is 0.0435. The number of ether oxygens (including phenoxy) is 1. The highest BCUT2D eigenvalue weighted by Crippen LogP contribution is 2.45. The van der Waals surface area contributed by atoms with E-state index in [1.807, 2.05) is 42.5 Å². The number of nitrogen functional groups attached to an aromatic ring is 1. The molecule has 4 aromatic rings. The van der Waals surface area contributed by atoms with Gasteiger partial charge in [0.1, 0.15) is 29.2 Å². The molecule has 0 saturated carbocycles. The van der Waals surface area contributed by atoms with Gasteiger partial charge in [-0.25, -0.2) is 13.8 Å². The number of para-hydroxylation sites is 1. The maximum absolute atomic E-state index is 14.4. The Morgan fingerprint density at radius 1 is 1.00 bits per heavy atom. The third-order valence-corrected chi connectivity index (χ3v) is 5.16. The minimum absolute atomic E-state index is 0.00700. The largest absolute Gasteiger partial charge is 0.438 e. The van der Waals surface area contributed by atoms with Crippen LogP contribution >= 0.6 is 0 Å². The monoisotopic (exact) mass is 402 g/mol. The number of hydrogen-bond acceptors (Lipinski definition) is 4. The predicted molar refractivity (Wildman–Crippen MR) is 108 cm³/mol. The van der Waals surface area contributed by atoms with Crippen molar-refractivity contribution in [3.05, 3.63) is 107 Å². The highest BCUT2D eigenvalue weighted by atomic mass is 19.1. The molecule has 5 rings (SSSR count). The highest BCUT2D eigenvalue weighted by Gasteiger charge is 2.32. The lowest BCUT2D eigenvalue weighted by Crippen LogP contribution is -2.29. The minimum Gasteiger partial charge on any atom is -0.438 e. The molecule has 5 nitrogen and oxygen atoms in total. The van der Waals surface area contributed by atoms with Gasteiger partial charge in [-0.3, -0.25) is 9.98 Å². The molecule has 1 aromatic heterocycles. The molecular formula is C23H16F2N4O. The van der Waals surface area contributed by atoms with Gasteiger partial charge < -0.3 is 10.5 Å². The molecule has 30 heavy (non-hydrogen) atoms. The van der Waals surface area contributed by atoms with E-state index in [1.54, 1.807) is 6.07 Å². The molecule has 3 aromatic carbocycles. The van der Waals surface area contributed by atoms with E-state index in [9.17, 15) is 8.78 Å². The smallest absolute Gasteiger partial charge is 0.228 e. The summed E-state index contributed by atoms with van der Waals surface area (Å²) >= 11 is 0. The summed E-state index contributed by atoms with van der Waals surface area (Å²) in [6.07, 6.45) is 1.31. The van der Waals surface area contributed by atoms with Crippen molar-refractivity contribution in [1.29, 1.82) is 5.41 Å². The zero-order valence-corrected chi connectivity index (χ0v) is 15.6. The molecule has 148 valence electrons. The number of rotatable bonds is 2. The van der Waals surface area contributed by atoms with Gasteiger partial charge in [0, 0.05) is 23.2 Å². The number of aromatic nitrogens is 2. The average molecular weight is 402 g/mol. The standard InChI is InChI=1S/C23H16F2N4O/c24-14-8-9-18(17(25)11-14)29-12-28-23-21(22(29)27)20(13-4-3-5-15(26)10-13)16-6-1-2-7-19(16)30-23/h1-12,20,27H,26H2. The van der Waals surface area contributed by atoms with Crippen LogP contribution in [0.4, 0.5) is 14.5 Å². The van der Waals surface area contributed by atoms with Crippen molar-refractivity contribution >= 4 is 5.69 Å². The fourth-order valence-corrected chi connectivity index (χ4v) is 3.83. The van der Waals surface area contributed by atoms with Gasteiger partial charge in [0.25, 0.3) is 0 Å². The van der Waals surface area contributed by atoms with Crippen molar-refractivity contribution in [2.75, 3.05) is 5.73 Å². The Morgan fingerprint density at radius 3 is 2.63 bits per heavy atom. The quantitative estimate of drug-likeness (QED) is 0.427. The van der Waals surface area contributed by atoms with Crippen LogP contribution in [0.25, 0.3) is 5.69 Å². The zero-order chi connectivity index (χ0) is 20.8. The van der Waals surface area contributed by atoms with E-state index in [-0.39, 0.29) is 23.0 Å². The van der Waals surface area contributed by atoms with E-state index < -0.39 is 11.6 Å². The normalized spacial score (nSPS) is 14.5. The minimum atomic E-state index is -0.784. The zero-order valence-electron chi connectivity index (χ0n) is 15.6. The molecule has 0 aliphatic carbocycles. The van der Waals surface area contributed by atoms with Crippen LogP contribution in [0.3, 0.4) is 0 Å². The summed E-state index contributed by atoms with van der Waals surface area (Å²) in [5.74, 6) is -0.957. The highest BCUT2D eigenvalue weighted by molar-refractivity contribution is 5.57. The number of anilines is 1. The van der Waals surface area contributed by atoms with Crippen molar-refractivity contribution < 1.29 is 13.5 Å². The molecule has 1 aliphatic rings. The lowest BCUT2D eigenvalue weighted by molar-refractivity contribution is 0.426. The first-order valence-electron chi connectivity index (χ1n) is 9.26. The van der Waals surface area contributed by atoms with Crippen molar-refractivity contribution in [1.82, 2.24) is 9.55 Å².